The highest BCUT2D eigenvalue weighted by molar-refractivity contribution is 5.50. The van der Waals surface area contributed by atoms with Gasteiger partial charge in [0, 0.05) is 36.8 Å². The standard InChI is InChI=1S/C17H21N3/c1-13(18)16-8-5-10-19-17(16)20-11-9-15(12-20)14-6-3-2-4-7-14/h2-8,10,13,15H,9,11-12,18H2,1H3/t13-,15?/m0/s1. The molecule has 2 heterocycles. The van der Waals surface area contributed by atoms with E-state index in [2.05, 4.69) is 46.3 Å². The lowest BCUT2D eigenvalue weighted by Gasteiger charge is -2.22. The molecule has 1 unspecified atom stereocenters. The van der Waals surface area contributed by atoms with E-state index in [0.717, 1.165) is 24.5 Å². The molecular weight excluding hydrogens is 246 g/mol. The van der Waals surface area contributed by atoms with Crippen LogP contribution in [0.3, 0.4) is 0 Å². The maximum atomic E-state index is 6.06. The summed E-state index contributed by atoms with van der Waals surface area (Å²) >= 11 is 0. The quantitative estimate of drug-likeness (QED) is 0.929. The van der Waals surface area contributed by atoms with Crippen molar-refractivity contribution >= 4 is 5.82 Å². The number of nitrogens with two attached hydrogens (primary N) is 1. The Hall–Kier alpha value is -1.87. The van der Waals surface area contributed by atoms with Crippen molar-refractivity contribution in [2.24, 2.45) is 5.73 Å². The lowest BCUT2D eigenvalue weighted by Crippen LogP contribution is -2.23. The topological polar surface area (TPSA) is 42.1 Å². The molecule has 2 aromatic rings. The van der Waals surface area contributed by atoms with Crippen molar-refractivity contribution in [1.82, 2.24) is 4.98 Å². The van der Waals surface area contributed by atoms with Crippen LogP contribution in [0.25, 0.3) is 0 Å². The molecule has 1 aliphatic heterocycles. The molecule has 0 saturated carbocycles. The van der Waals surface area contributed by atoms with Gasteiger partial charge in [0.05, 0.1) is 0 Å². The molecule has 1 fully saturated rings. The van der Waals surface area contributed by atoms with Gasteiger partial charge in [-0.05, 0) is 25.0 Å². The van der Waals surface area contributed by atoms with Gasteiger partial charge in [-0.3, -0.25) is 0 Å². The lowest BCUT2D eigenvalue weighted by molar-refractivity contribution is 0.768. The second-order valence-corrected chi connectivity index (χ2v) is 5.55. The highest BCUT2D eigenvalue weighted by atomic mass is 15.2. The molecule has 1 saturated heterocycles. The third kappa shape index (κ3) is 2.54. The van der Waals surface area contributed by atoms with Crippen LogP contribution in [0.15, 0.2) is 48.7 Å². The highest BCUT2D eigenvalue weighted by Gasteiger charge is 2.26. The zero-order chi connectivity index (χ0) is 13.9. The molecule has 104 valence electrons. The Morgan fingerprint density at radius 1 is 1.20 bits per heavy atom. The van der Waals surface area contributed by atoms with E-state index in [1.807, 2.05) is 19.2 Å². The molecule has 0 amide bonds. The predicted molar refractivity (Wildman–Crippen MR) is 82.9 cm³/mol. The average molecular weight is 267 g/mol. The van der Waals surface area contributed by atoms with Crippen molar-refractivity contribution in [2.75, 3.05) is 18.0 Å². The van der Waals surface area contributed by atoms with Crippen LogP contribution in [0, 0.1) is 0 Å². The summed E-state index contributed by atoms with van der Waals surface area (Å²) in [6.45, 7) is 4.10. The monoisotopic (exact) mass is 267 g/mol. The van der Waals surface area contributed by atoms with Crippen LogP contribution < -0.4 is 10.6 Å². The summed E-state index contributed by atoms with van der Waals surface area (Å²) in [6.07, 6.45) is 3.04. The molecule has 2 atom stereocenters. The first kappa shape index (κ1) is 13.1. The second-order valence-electron chi connectivity index (χ2n) is 5.55. The van der Waals surface area contributed by atoms with Gasteiger partial charge in [-0.2, -0.15) is 0 Å². The first-order chi connectivity index (χ1) is 9.75. The van der Waals surface area contributed by atoms with Crippen molar-refractivity contribution in [3.63, 3.8) is 0 Å². The fourth-order valence-electron chi connectivity index (χ4n) is 2.98. The minimum atomic E-state index is 0.0227. The number of pyridine rings is 1. The Labute approximate surface area is 120 Å². The van der Waals surface area contributed by atoms with Gasteiger partial charge in [-0.25, -0.2) is 4.98 Å². The van der Waals surface area contributed by atoms with E-state index >= 15 is 0 Å². The molecular formula is C17H21N3. The molecule has 1 aromatic carbocycles. The van der Waals surface area contributed by atoms with Crippen LogP contribution in [0.4, 0.5) is 5.82 Å². The number of rotatable bonds is 3. The number of hydrogen-bond donors (Lipinski definition) is 1. The average Bonchev–Trinajstić information content (AvgIpc) is 2.98. The van der Waals surface area contributed by atoms with Crippen molar-refractivity contribution in [3.05, 3.63) is 59.8 Å². The number of aromatic nitrogens is 1. The van der Waals surface area contributed by atoms with E-state index in [9.17, 15) is 0 Å². The fraction of sp³-hybridized carbons (Fsp3) is 0.353. The summed E-state index contributed by atoms with van der Waals surface area (Å²) in [4.78, 5) is 6.93. The summed E-state index contributed by atoms with van der Waals surface area (Å²) < 4.78 is 0. The normalized spacial score (nSPS) is 20.1. The van der Waals surface area contributed by atoms with Crippen molar-refractivity contribution in [2.45, 2.75) is 25.3 Å². The Morgan fingerprint density at radius 2 is 2.00 bits per heavy atom. The molecule has 1 aromatic heterocycles. The molecule has 3 rings (SSSR count). The van der Waals surface area contributed by atoms with Crippen LogP contribution in [0.2, 0.25) is 0 Å². The summed E-state index contributed by atoms with van der Waals surface area (Å²) in [5, 5.41) is 0. The number of nitrogens with zero attached hydrogens (tertiary/aromatic N) is 2. The minimum absolute atomic E-state index is 0.0227. The van der Waals surface area contributed by atoms with Crippen LogP contribution >= 0.6 is 0 Å². The molecule has 0 aliphatic carbocycles. The Kier molecular flexibility index (Phi) is 3.70. The lowest BCUT2D eigenvalue weighted by atomic mass is 9.99. The van der Waals surface area contributed by atoms with Gasteiger partial charge in [-0.1, -0.05) is 36.4 Å². The fourth-order valence-corrected chi connectivity index (χ4v) is 2.98. The summed E-state index contributed by atoms with van der Waals surface area (Å²) in [6, 6.07) is 14.8. The highest BCUT2D eigenvalue weighted by Crippen LogP contribution is 2.32. The van der Waals surface area contributed by atoms with Gasteiger partial charge < -0.3 is 10.6 Å². The van der Waals surface area contributed by atoms with Crippen molar-refractivity contribution in [1.29, 1.82) is 0 Å². The molecule has 3 heteroatoms. The first-order valence-corrected chi connectivity index (χ1v) is 7.26. The van der Waals surface area contributed by atoms with E-state index < -0.39 is 0 Å². The van der Waals surface area contributed by atoms with Crippen molar-refractivity contribution < 1.29 is 0 Å². The first-order valence-electron chi connectivity index (χ1n) is 7.26. The van der Waals surface area contributed by atoms with Crippen LogP contribution in [-0.4, -0.2) is 18.1 Å². The van der Waals surface area contributed by atoms with Crippen molar-refractivity contribution in [3.8, 4) is 0 Å². The van der Waals surface area contributed by atoms with E-state index in [1.54, 1.807) is 0 Å². The zero-order valence-corrected chi connectivity index (χ0v) is 11.9. The molecule has 0 bridgehead atoms. The number of anilines is 1. The predicted octanol–water partition coefficient (Wildman–Crippen LogP) is 3.10. The third-order valence-electron chi connectivity index (χ3n) is 4.07. The molecule has 0 spiro atoms. The maximum absolute atomic E-state index is 6.06. The van der Waals surface area contributed by atoms with E-state index in [1.165, 1.54) is 12.0 Å². The summed E-state index contributed by atoms with van der Waals surface area (Å²) in [5.41, 5.74) is 8.63. The molecule has 3 nitrogen and oxygen atoms in total. The molecule has 20 heavy (non-hydrogen) atoms. The Bertz CT molecular complexity index is 565. The molecule has 2 N–H and O–H groups in total. The van der Waals surface area contributed by atoms with E-state index in [4.69, 9.17) is 5.73 Å². The second kappa shape index (κ2) is 5.63. The Balaban J connectivity index is 1.81. The molecule has 1 aliphatic rings. The number of hydrogen-bond acceptors (Lipinski definition) is 3. The van der Waals surface area contributed by atoms with Crippen LogP contribution in [0.5, 0.6) is 0 Å². The summed E-state index contributed by atoms with van der Waals surface area (Å²) in [5.74, 6) is 1.65. The largest absolute Gasteiger partial charge is 0.356 e. The zero-order valence-electron chi connectivity index (χ0n) is 11.9. The van der Waals surface area contributed by atoms with Gasteiger partial charge in [0.25, 0.3) is 0 Å². The van der Waals surface area contributed by atoms with E-state index in [-0.39, 0.29) is 6.04 Å². The smallest absolute Gasteiger partial charge is 0.133 e. The van der Waals surface area contributed by atoms with Gasteiger partial charge in [0.15, 0.2) is 0 Å². The maximum Gasteiger partial charge on any atom is 0.133 e. The van der Waals surface area contributed by atoms with Gasteiger partial charge >= 0.3 is 0 Å². The summed E-state index contributed by atoms with van der Waals surface area (Å²) in [7, 11) is 0. The minimum Gasteiger partial charge on any atom is -0.356 e. The van der Waals surface area contributed by atoms with Gasteiger partial charge in [0.2, 0.25) is 0 Å². The van der Waals surface area contributed by atoms with E-state index in [0.29, 0.717) is 5.92 Å². The van der Waals surface area contributed by atoms with Gasteiger partial charge in [0.1, 0.15) is 5.82 Å². The van der Waals surface area contributed by atoms with Crippen LogP contribution in [-0.2, 0) is 0 Å². The SMILES string of the molecule is C[C@H](N)c1cccnc1N1CCC(c2ccccc2)C1. The van der Waals surface area contributed by atoms with Crippen LogP contribution in [0.1, 0.15) is 36.4 Å². The molecule has 0 radical (unpaired) electrons. The Morgan fingerprint density at radius 3 is 2.75 bits per heavy atom. The number of benzene rings is 1. The van der Waals surface area contributed by atoms with Gasteiger partial charge in [-0.15, -0.1) is 0 Å². The third-order valence-corrected chi connectivity index (χ3v) is 4.07.